The van der Waals surface area contributed by atoms with Gasteiger partial charge in [0.05, 0.1) is 46.7 Å². The first kappa shape index (κ1) is 37.1. The van der Waals surface area contributed by atoms with Gasteiger partial charge < -0.3 is 29.6 Å². The number of piperidine rings is 1. The van der Waals surface area contributed by atoms with Crippen molar-refractivity contribution in [2.24, 2.45) is 12.0 Å². The van der Waals surface area contributed by atoms with Crippen molar-refractivity contribution in [2.45, 2.75) is 38.3 Å². The van der Waals surface area contributed by atoms with Gasteiger partial charge in [-0.25, -0.2) is 4.98 Å². The third kappa shape index (κ3) is 8.26. The number of benzene rings is 4. The SMILES string of the molecule is COc1cc2c(cc1OCc1cccc(CC(=O)Nc3cc(C(=O)Nc4nc5cc(C(=O)Nc6ccccc6)ccc5s4)n(C)c3)c1)N=C[C@@H]1CCCCN1C2=O. The quantitative estimate of drug-likeness (QED) is 0.122. The highest BCUT2D eigenvalue weighted by Crippen LogP contribution is 2.38. The fourth-order valence-corrected chi connectivity index (χ4v) is 7.87. The minimum atomic E-state index is -0.396. The Balaban J connectivity index is 0.874. The van der Waals surface area contributed by atoms with Crippen LogP contribution in [0.3, 0.4) is 0 Å². The van der Waals surface area contributed by atoms with E-state index >= 15 is 0 Å². The number of nitrogens with one attached hydrogen (secondary N) is 3. The minimum Gasteiger partial charge on any atom is -0.493 e. The van der Waals surface area contributed by atoms with Gasteiger partial charge in [0.15, 0.2) is 16.6 Å². The molecule has 4 aromatic carbocycles. The topological polar surface area (TPSA) is 156 Å². The number of ether oxygens (including phenoxy) is 2. The second-order valence-electron chi connectivity index (χ2n) is 13.9. The average molecular weight is 782 g/mol. The van der Waals surface area contributed by atoms with Gasteiger partial charge in [-0.05, 0) is 72.9 Å². The van der Waals surface area contributed by atoms with Gasteiger partial charge in [0.25, 0.3) is 17.7 Å². The monoisotopic (exact) mass is 781 g/mol. The maximum Gasteiger partial charge on any atom is 0.274 e. The number of amides is 4. The molecule has 4 heterocycles. The highest BCUT2D eigenvalue weighted by molar-refractivity contribution is 7.22. The molecule has 8 rings (SSSR count). The van der Waals surface area contributed by atoms with Gasteiger partial charge in [-0.2, -0.15) is 0 Å². The summed E-state index contributed by atoms with van der Waals surface area (Å²) in [7, 11) is 3.26. The Hall–Kier alpha value is -6.80. The lowest BCUT2D eigenvalue weighted by atomic mass is 10.0. The van der Waals surface area contributed by atoms with Gasteiger partial charge in [0, 0.05) is 43.3 Å². The van der Waals surface area contributed by atoms with Gasteiger partial charge in [-0.3, -0.25) is 29.5 Å². The molecule has 6 aromatic rings. The number of hydrogen-bond donors (Lipinski definition) is 3. The van der Waals surface area contributed by atoms with Crippen molar-refractivity contribution in [3.8, 4) is 11.5 Å². The summed E-state index contributed by atoms with van der Waals surface area (Å²) in [6.45, 7) is 0.912. The smallest absolute Gasteiger partial charge is 0.274 e. The summed E-state index contributed by atoms with van der Waals surface area (Å²) in [5.74, 6) is -0.0503. The lowest BCUT2D eigenvalue weighted by molar-refractivity contribution is -0.115. The number of anilines is 3. The standard InChI is InChI=1S/C43H39N7O6S/c1-49-24-30(20-35(49)41(53)48-43-47-34-19-28(14-15-38(34)57-43)40(52)46-29-11-4-3-5-12-29)45-39(51)18-26-9-8-10-27(17-26)25-56-37-22-33-32(21-36(37)55-2)42(54)50-16-7-6-13-31(50)23-44-33/h3-5,8-12,14-15,17,19-24,31H,6-7,13,16,18,25H2,1-2H3,(H,45,51)(H,46,52)(H,47,48,53)/t31-/m0/s1. The fourth-order valence-electron chi connectivity index (χ4n) is 7.03. The molecule has 3 N–H and O–H groups in total. The van der Waals surface area contributed by atoms with Gasteiger partial charge in [-0.1, -0.05) is 53.8 Å². The predicted octanol–water partition coefficient (Wildman–Crippen LogP) is 7.62. The Bertz CT molecular complexity index is 2550. The molecule has 0 unspecified atom stereocenters. The van der Waals surface area contributed by atoms with Crippen LogP contribution < -0.4 is 25.4 Å². The van der Waals surface area contributed by atoms with Crippen LogP contribution in [0.15, 0.2) is 102 Å². The van der Waals surface area contributed by atoms with Crippen LogP contribution in [0.5, 0.6) is 11.5 Å². The summed E-state index contributed by atoms with van der Waals surface area (Å²) in [5.41, 5.74) is 5.18. The second kappa shape index (κ2) is 16.1. The highest BCUT2D eigenvalue weighted by Gasteiger charge is 2.31. The minimum absolute atomic E-state index is 0.00749. The lowest BCUT2D eigenvalue weighted by Gasteiger charge is -2.32. The molecule has 1 fully saturated rings. The molecule has 0 saturated carbocycles. The van der Waals surface area contributed by atoms with Crippen molar-refractivity contribution in [1.29, 1.82) is 0 Å². The Labute approximate surface area is 332 Å². The van der Waals surface area contributed by atoms with Crippen LogP contribution in [0.1, 0.15) is 61.6 Å². The van der Waals surface area contributed by atoms with Crippen molar-refractivity contribution in [3.63, 3.8) is 0 Å². The maximum absolute atomic E-state index is 13.4. The maximum atomic E-state index is 13.4. The number of hydrogen-bond acceptors (Lipinski definition) is 9. The molecule has 0 radical (unpaired) electrons. The van der Waals surface area contributed by atoms with E-state index in [1.165, 1.54) is 11.3 Å². The zero-order chi connectivity index (χ0) is 39.5. The molecule has 13 nitrogen and oxygen atoms in total. The largest absolute Gasteiger partial charge is 0.493 e. The van der Waals surface area contributed by atoms with Crippen LogP contribution in [-0.4, -0.2) is 64.0 Å². The molecule has 0 aliphatic carbocycles. The van der Waals surface area contributed by atoms with E-state index in [-0.39, 0.29) is 36.8 Å². The number of rotatable bonds is 11. The fraction of sp³-hybridized carbons (Fsp3) is 0.209. The zero-order valence-corrected chi connectivity index (χ0v) is 32.1. The van der Waals surface area contributed by atoms with E-state index in [9.17, 15) is 19.2 Å². The summed E-state index contributed by atoms with van der Waals surface area (Å²) in [6.07, 6.45) is 6.57. The third-order valence-electron chi connectivity index (χ3n) is 9.88. The van der Waals surface area contributed by atoms with Crippen LogP contribution >= 0.6 is 11.3 Å². The first-order chi connectivity index (χ1) is 27.7. The molecule has 57 heavy (non-hydrogen) atoms. The van der Waals surface area contributed by atoms with E-state index in [1.807, 2.05) is 65.7 Å². The van der Waals surface area contributed by atoms with Crippen LogP contribution in [0.2, 0.25) is 0 Å². The average Bonchev–Trinajstić information content (AvgIpc) is 3.76. The summed E-state index contributed by atoms with van der Waals surface area (Å²) in [6, 6.07) is 27.0. The van der Waals surface area contributed by atoms with E-state index in [2.05, 4.69) is 25.9 Å². The van der Waals surface area contributed by atoms with Crippen molar-refractivity contribution < 1.29 is 28.7 Å². The van der Waals surface area contributed by atoms with E-state index in [0.29, 0.717) is 62.6 Å². The summed E-state index contributed by atoms with van der Waals surface area (Å²) in [5, 5.41) is 8.98. The molecular weight excluding hydrogens is 743 g/mol. The third-order valence-corrected chi connectivity index (χ3v) is 10.8. The van der Waals surface area contributed by atoms with Gasteiger partial charge in [-0.15, -0.1) is 0 Å². The van der Waals surface area contributed by atoms with Gasteiger partial charge in [0.1, 0.15) is 12.3 Å². The first-order valence-corrected chi connectivity index (χ1v) is 19.3. The molecule has 1 atom stereocenters. The Kier molecular flexibility index (Phi) is 10.5. The lowest BCUT2D eigenvalue weighted by Crippen LogP contribution is -2.43. The number of nitrogens with zero attached hydrogens (tertiary/aromatic N) is 4. The van der Waals surface area contributed by atoms with Crippen molar-refractivity contribution in [1.82, 2.24) is 14.5 Å². The molecule has 2 aliphatic heterocycles. The number of carbonyl (C=O) groups is 4. The number of para-hydroxylation sites is 1. The Morgan fingerprint density at radius 2 is 1.70 bits per heavy atom. The number of fused-ring (bicyclic) bond motifs is 3. The van der Waals surface area contributed by atoms with E-state index in [0.717, 1.165) is 35.1 Å². The summed E-state index contributed by atoms with van der Waals surface area (Å²) in [4.78, 5) is 63.6. The van der Waals surface area contributed by atoms with Crippen molar-refractivity contribution in [3.05, 3.63) is 125 Å². The number of carbonyl (C=O) groups excluding carboxylic acids is 4. The second-order valence-corrected chi connectivity index (χ2v) is 14.9. The van der Waals surface area contributed by atoms with Crippen molar-refractivity contribution in [2.75, 3.05) is 29.6 Å². The highest BCUT2D eigenvalue weighted by atomic mass is 32.1. The van der Waals surface area contributed by atoms with E-state index in [1.54, 1.807) is 61.3 Å². The predicted molar refractivity (Wildman–Crippen MR) is 220 cm³/mol. The normalized spacial score (nSPS) is 14.7. The van der Waals surface area contributed by atoms with Crippen LogP contribution in [0.25, 0.3) is 10.2 Å². The number of aliphatic imine (C=N–C) groups is 1. The van der Waals surface area contributed by atoms with Crippen molar-refractivity contribution >= 4 is 73.6 Å². The van der Waals surface area contributed by atoms with Gasteiger partial charge >= 0.3 is 0 Å². The molecule has 2 aliphatic rings. The van der Waals surface area contributed by atoms with E-state index in [4.69, 9.17) is 9.47 Å². The van der Waals surface area contributed by atoms with E-state index < -0.39 is 5.91 Å². The molecule has 14 heteroatoms. The number of methoxy groups -OCH3 is 1. The van der Waals surface area contributed by atoms with Crippen LogP contribution in [0, 0.1) is 0 Å². The first-order valence-electron chi connectivity index (χ1n) is 18.5. The molecule has 288 valence electrons. The molecular formula is C43H39N7O6S. The van der Waals surface area contributed by atoms with Gasteiger partial charge in [0.2, 0.25) is 5.91 Å². The van der Waals surface area contributed by atoms with Crippen LogP contribution in [-0.2, 0) is 24.9 Å². The molecule has 1 saturated heterocycles. The zero-order valence-electron chi connectivity index (χ0n) is 31.3. The molecule has 4 amide bonds. The summed E-state index contributed by atoms with van der Waals surface area (Å²) >= 11 is 1.30. The number of aryl methyl sites for hydroxylation is 1. The molecule has 2 aromatic heterocycles. The number of thiazole rings is 1. The Morgan fingerprint density at radius 3 is 2.54 bits per heavy atom. The summed E-state index contributed by atoms with van der Waals surface area (Å²) < 4.78 is 14.2. The number of aromatic nitrogens is 2. The molecule has 0 bridgehead atoms. The Morgan fingerprint density at radius 1 is 0.860 bits per heavy atom. The van der Waals surface area contributed by atoms with Crippen LogP contribution in [0.4, 0.5) is 22.2 Å². The molecule has 0 spiro atoms.